The highest BCUT2D eigenvalue weighted by atomic mass is 16.8. The Kier molecular flexibility index (Phi) is 4.61. The minimum atomic E-state index is -0.599. The second kappa shape index (κ2) is 5.84. The summed E-state index contributed by atoms with van der Waals surface area (Å²) in [7, 11) is 0. The predicted molar refractivity (Wildman–Crippen MR) is 65.0 cm³/mol. The molecule has 5 nitrogen and oxygen atoms in total. The Balaban J connectivity index is 1.93. The van der Waals surface area contributed by atoms with Crippen LogP contribution in [0.25, 0.3) is 0 Å². The Morgan fingerprint density at radius 1 is 1.28 bits per heavy atom. The van der Waals surface area contributed by atoms with Gasteiger partial charge in [0.25, 0.3) is 0 Å². The Hall–Kier alpha value is -0.200. The van der Waals surface area contributed by atoms with Crippen LogP contribution >= 0.6 is 0 Å². The second-order valence-electron chi connectivity index (χ2n) is 5.39. The summed E-state index contributed by atoms with van der Waals surface area (Å²) >= 11 is 0. The van der Waals surface area contributed by atoms with Gasteiger partial charge in [-0.1, -0.05) is 6.92 Å². The molecule has 0 aromatic rings. The van der Waals surface area contributed by atoms with Gasteiger partial charge in [0.05, 0.1) is 12.7 Å². The van der Waals surface area contributed by atoms with Gasteiger partial charge in [-0.15, -0.1) is 0 Å². The van der Waals surface area contributed by atoms with Gasteiger partial charge in [-0.3, -0.25) is 0 Å². The quantitative estimate of drug-likeness (QED) is 0.729. The van der Waals surface area contributed by atoms with Crippen molar-refractivity contribution in [1.29, 1.82) is 0 Å². The zero-order valence-electron chi connectivity index (χ0n) is 11.4. The maximum absolute atomic E-state index is 9.17. The van der Waals surface area contributed by atoms with Crippen molar-refractivity contribution in [3.63, 3.8) is 0 Å². The minimum Gasteiger partial charge on any atom is -0.396 e. The number of fused-ring (bicyclic) bond motifs is 1. The molecule has 0 aliphatic carbocycles. The Labute approximate surface area is 108 Å². The van der Waals surface area contributed by atoms with Gasteiger partial charge >= 0.3 is 0 Å². The van der Waals surface area contributed by atoms with Crippen molar-refractivity contribution in [1.82, 2.24) is 0 Å². The van der Waals surface area contributed by atoms with Crippen molar-refractivity contribution in [2.24, 2.45) is 5.92 Å². The third-order valence-corrected chi connectivity index (χ3v) is 3.39. The zero-order chi connectivity index (χ0) is 13.2. The standard InChI is InChI=1S/C13H24O5/c1-4-7-15-8-10-9(5-6-14)11-12(16-10)18-13(2,3)17-11/h9-12,14H,4-8H2,1-3H3. The monoisotopic (exact) mass is 260 g/mol. The summed E-state index contributed by atoms with van der Waals surface area (Å²) in [5.41, 5.74) is 0. The van der Waals surface area contributed by atoms with Crippen LogP contribution in [0, 0.1) is 5.92 Å². The van der Waals surface area contributed by atoms with Gasteiger partial charge in [0.2, 0.25) is 0 Å². The molecule has 0 spiro atoms. The number of rotatable bonds is 6. The molecule has 1 N–H and O–H groups in total. The topological polar surface area (TPSA) is 57.2 Å². The molecular weight excluding hydrogens is 236 g/mol. The molecular formula is C13H24O5. The maximum atomic E-state index is 9.17. The molecule has 4 unspecified atom stereocenters. The van der Waals surface area contributed by atoms with Crippen LogP contribution in [0.5, 0.6) is 0 Å². The summed E-state index contributed by atoms with van der Waals surface area (Å²) in [5.74, 6) is -0.461. The molecule has 18 heavy (non-hydrogen) atoms. The molecule has 0 radical (unpaired) electrons. The number of aliphatic hydroxyl groups is 1. The van der Waals surface area contributed by atoms with Gasteiger partial charge in [0, 0.05) is 19.1 Å². The lowest BCUT2D eigenvalue weighted by molar-refractivity contribution is -0.215. The average Bonchev–Trinajstić information content (AvgIpc) is 2.74. The lowest BCUT2D eigenvalue weighted by Gasteiger charge is -2.25. The summed E-state index contributed by atoms with van der Waals surface area (Å²) in [6, 6.07) is 0. The lowest BCUT2D eigenvalue weighted by Crippen LogP contribution is -2.33. The lowest BCUT2D eigenvalue weighted by atomic mass is 9.95. The van der Waals surface area contributed by atoms with Crippen LogP contribution in [0.2, 0.25) is 0 Å². The van der Waals surface area contributed by atoms with E-state index in [0.717, 1.165) is 13.0 Å². The van der Waals surface area contributed by atoms with E-state index in [1.54, 1.807) is 0 Å². The first-order valence-corrected chi connectivity index (χ1v) is 6.77. The zero-order valence-corrected chi connectivity index (χ0v) is 11.4. The van der Waals surface area contributed by atoms with E-state index in [-0.39, 0.29) is 31.0 Å². The van der Waals surface area contributed by atoms with Gasteiger partial charge < -0.3 is 24.1 Å². The van der Waals surface area contributed by atoms with E-state index >= 15 is 0 Å². The molecule has 4 atom stereocenters. The normalized spacial score (nSPS) is 38.0. The van der Waals surface area contributed by atoms with Crippen LogP contribution in [0.15, 0.2) is 0 Å². The molecule has 2 heterocycles. The number of aliphatic hydroxyl groups excluding tert-OH is 1. The number of hydrogen-bond donors (Lipinski definition) is 1. The highest BCUT2D eigenvalue weighted by molar-refractivity contribution is 4.92. The van der Waals surface area contributed by atoms with Crippen molar-refractivity contribution in [3.05, 3.63) is 0 Å². The third kappa shape index (κ3) is 3.03. The Bertz CT molecular complexity index is 268. The molecule has 0 bridgehead atoms. The predicted octanol–water partition coefficient (Wildman–Crippen LogP) is 1.29. The molecule has 2 saturated heterocycles. The molecule has 2 fully saturated rings. The summed E-state index contributed by atoms with van der Waals surface area (Å²) in [6.45, 7) is 7.24. The average molecular weight is 260 g/mol. The minimum absolute atomic E-state index is 0.0465. The highest BCUT2D eigenvalue weighted by Gasteiger charge is 2.54. The van der Waals surface area contributed by atoms with Crippen LogP contribution in [0.1, 0.15) is 33.6 Å². The molecule has 2 aliphatic rings. The SMILES string of the molecule is CCCOCC1OC2OC(C)(C)OC2C1CCO. The molecule has 2 aliphatic heterocycles. The number of hydrogen-bond acceptors (Lipinski definition) is 5. The third-order valence-electron chi connectivity index (χ3n) is 3.39. The van der Waals surface area contributed by atoms with E-state index in [2.05, 4.69) is 6.92 Å². The van der Waals surface area contributed by atoms with Crippen molar-refractivity contribution in [2.45, 2.75) is 57.9 Å². The van der Waals surface area contributed by atoms with Crippen molar-refractivity contribution in [3.8, 4) is 0 Å². The van der Waals surface area contributed by atoms with Crippen LogP contribution in [-0.2, 0) is 18.9 Å². The van der Waals surface area contributed by atoms with E-state index in [1.165, 1.54) is 0 Å². The van der Waals surface area contributed by atoms with Gasteiger partial charge in [0.15, 0.2) is 12.1 Å². The fourth-order valence-electron chi connectivity index (χ4n) is 2.64. The molecule has 5 heteroatoms. The van der Waals surface area contributed by atoms with E-state index in [0.29, 0.717) is 13.0 Å². The molecule has 0 saturated carbocycles. The van der Waals surface area contributed by atoms with Crippen LogP contribution < -0.4 is 0 Å². The largest absolute Gasteiger partial charge is 0.396 e. The fourth-order valence-corrected chi connectivity index (χ4v) is 2.64. The smallest absolute Gasteiger partial charge is 0.187 e. The summed E-state index contributed by atoms with van der Waals surface area (Å²) in [4.78, 5) is 0. The van der Waals surface area contributed by atoms with Gasteiger partial charge in [-0.05, 0) is 26.7 Å². The second-order valence-corrected chi connectivity index (χ2v) is 5.39. The Morgan fingerprint density at radius 3 is 2.72 bits per heavy atom. The summed E-state index contributed by atoms with van der Waals surface area (Å²) in [6.07, 6.45) is 1.18. The van der Waals surface area contributed by atoms with Crippen molar-refractivity contribution in [2.75, 3.05) is 19.8 Å². The van der Waals surface area contributed by atoms with Gasteiger partial charge in [-0.2, -0.15) is 0 Å². The van der Waals surface area contributed by atoms with Gasteiger partial charge in [-0.25, -0.2) is 0 Å². The molecule has 2 rings (SSSR count). The molecule has 0 aromatic carbocycles. The fraction of sp³-hybridized carbons (Fsp3) is 1.00. The first kappa shape index (κ1) is 14.2. The van der Waals surface area contributed by atoms with Gasteiger partial charge in [0.1, 0.15) is 6.10 Å². The summed E-state index contributed by atoms with van der Waals surface area (Å²) < 4.78 is 23.0. The number of ether oxygens (including phenoxy) is 4. The molecule has 106 valence electrons. The molecule has 0 amide bonds. The van der Waals surface area contributed by atoms with E-state index < -0.39 is 5.79 Å². The van der Waals surface area contributed by atoms with Crippen LogP contribution in [0.4, 0.5) is 0 Å². The molecule has 0 aromatic heterocycles. The van der Waals surface area contributed by atoms with E-state index in [1.807, 2.05) is 13.8 Å². The van der Waals surface area contributed by atoms with Crippen LogP contribution in [0.3, 0.4) is 0 Å². The van der Waals surface area contributed by atoms with E-state index in [4.69, 9.17) is 18.9 Å². The van der Waals surface area contributed by atoms with Crippen molar-refractivity contribution < 1.29 is 24.1 Å². The Morgan fingerprint density at radius 2 is 2.06 bits per heavy atom. The van der Waals surface area contributed by atoms with Crippen LogP contribution in [-0.4, -0.2) is 49.2 Å². The van der Waals surface area contributed by atoms with E-state index in [9.17, 15) is 5.11 Å². The summed E-state index contributed by atoms with van der Waals surface area (Å²) in [5, 5.41) is 9.17. The van der Waals surface area contributed by atoms with Crippen molar-refractivity contribution >= 4 is 0 Å². The maximum Gasteiger partial charge on any atom is 0.187 e. The highest BCUT2D eigenvalue weighted by Crippen LogP contribution is 2.41. The first-order chi connectivity index (χ1) is 8.57. The first-order valence-electron chi connectivity index (χ1n) is 6.77.